The van der Waals surface area contributed by atoms with E-state index in [0.717, 1.165) is 0 Å². The van der Waals surface area contributed by atoms with Crippen molar-refractivity contribution < 1.29 is 28.6 Å². The molecule has 1 amide bonds. The quantitative estimate of drug-likeness (QED) is 0.490. The Hall–Kier alpha value is -3.29. The van der Waals surface area contributed by atoms with Crippen LogP contribution < -0.4 is 14.9 Å². The van der Waals surface area contributed by atoms with E-state index in [0.29, 0.717) is 46.3 Å². The highest BCUT2D eigenvalue weighted by Gasteiger charge is 2.14. The Morgan fingerprint density at radius 3 is 2.59 bits per heavy atom. The van der Waals surface area contributed by atoms with Crippen molar-refractivity contribution in [3.63, 3.8) is 0 Å². The fraction of sp³-hybridized carbons (Fsp3) is 0.381. The number of aliphatic carboxylic acids is 1. The molecule has 1 aromatic carbocycles. The van der Waals surface area contributed by atoms with Gasteiger partial charge in [-0.3, -0.25) is 9.59 Å². The van der Waals surface area contributed by atoms with Crippen molar-refractivity contribution in [3.8, 4) is 11.5 Å². The first-order chi connectivity index (χ1) is 13.7. The number of carboxylic acid groups (broad SMARTS) is 1. The fourth-order valence-corrected chi connectivity index (χ4v) is 2.68. The molecule has 2 N–H and O–H groups in total. The topological polar surface area (TPSA) is 110 Å². The van der Waals surface area contributed by atoms with Gasteiger partial charge in [-0.1, -0.05) is 0 Å². The van der Waals surface area contributed by atoms with Crippen LogP contribution in [-0.2, 0) is 11.2 Å². The molecule has 8 nitrogen and oxygen atoms in total. The molecule has 0 aliphatic heterocycles. The highest BCUT2D eigenvalue weighted by Crippen LogP contribution is 2.29. The first kappa shape index (κ1) is 22.0. The Bertz CT molecular complexity index is 914. The number of aryl methyl sites for hydroxylation is 2. The number of furan rings is 1. The Labute approximate surface area is 169 Å². The summed E-state index contributed by atoms with van der Waals surface area (Å²) in [7, 11) is 1.51. The van der Waals surface area contributed by atoms with Crippen molar-refractivity contribution in [2.75, 3.05) is 7.11 Å². The number of hydrogen-bond acceptors (Lipinski definition) is 6. The van der Waals surface area contributed by atoms with E-state index in [-0.39, 0.29) is 12.5 Å². The van der Waals surface area contributed by atoms with E-state index in [9.17, 15) is 9.59 Å². The Balaban J connectivity index is 2.11. The molecule has 0 aliphatic rings. The van der Waals surface area contributed by atoms with Gasteiger partial charge in [-0.2, -0.15) is 5.10 Å². The van der Waals surface area contributed by atoms with Gasteiger partial charge in [0.2, 0.25) is 0 Å². The number of nitrogens with one attached hydrogen (secondary N) is 1. The minimum Gasteiger partial charge on any atom is -0.493 e. The number of amides is 1. The molecule has 8 heteroatoms. The first-order valence-corrected chi connectivity index (χ1v) is 9.22. The van der Waals surface area contributed by atoms with Crippen LogP contribution >= 0.6 is 0 Å². The average Bonchev–Trinajstić information content (AvgIpc) is 3.04. The van der Waals surface area contributed by atoms with Crippen LogP contribution in [-0.4, -0.2) is 35.9 Å². The Kier molecular flexibility index (Phi) is 7.41. The lowest BCUT2D eigenvalue weighted by Gasteiger charge is -2.14. The molecule has 1 aromatic heterocycles. The SMILES string of the molecule is COc1cc(C(=O)N/N=C(/C)c2cc(CCC(=O)O)oc2C)ccc1OC(C)C. The molecule has 0 unspecified atom stereocenters. The summed E-state index contributed by atoms with van der Waals surface area (Å²) in [4.78, 5) is 23.1. The third kappa shape index (κ3) is 6.10. The van der Waals surface area contributed by atoms with Crippen molar-refractivity contribution in [1.82, 2.24) is 5.43 Å². The largest absolute Gasteiger partial charge is 0.493 e. The van der Waals surface area contributed by atoms with Crippen LogP contribution in [0.3, 0.4) is 0 Å². The van der Waals surface area contributed by atoms with E-state index in [4.69, 9.17) is 19.0 Å². The van der Waals surface area contributed by atoms with Gasteiger partial charge in [0.1, 0.15) is 11.5 Å². The molecular weight excluding hydrogens is 376 g/mol. The first-order valence-electron chi connectivity index (χ1n) is 9.22. The molecule has 0 saturated heterocycles. The maximum absolute atomic E-state index is 12.4. The molecule has 0 saturated carbocycles. The van der Waals surface area contributed by atoms with Crippen LogP contribution in [0.15, 0.2) is 33.8 Å². The maximum Gasteiger partial charge on any atom is 0.303 e. The van der Waals surface area contributed by atoms with Gasteiger partial charge in [0.05, 0.1) is 25.3 Å². The van der Waals surface area contributed by atoms with Gasteiger partial charge < -0.3 is 19.0 Å². The molecule has 0 atom stereocenters. The molecule has 156 valence electrons. The molecule has 29 heavy (non-hydrogen) atoms. The van der Waals surface area contributed by atoms with Crippen molar-refractivity contribution in [3.05, 3.63) is 46.9 Å². The van der Waals surface area contributed by atoms with Gasteiger partial charge >= 0.3 is 5.97 Å². The van der Waals surface area contributed by atoms with Gasteiger partial charge in [0.15, 0.2) is 11.5 Å². The summed E-state index contributed by atoms with van der Waals surface area (Å²) in [5.41, 5.74) is 4.15. The Morgan fingerprint density at radius 1 is 1.24 bits per heavy atom. The zero-order valence-corrected chi connectivity index (χ0v) is 17.2. The molecule has 0 spiro atoms. The highest BCUT2D eigenvalue weighted by molar-refractivity contribution is 6.01. The molecule has 0 aliphatic carbocycles. The molecular formula is C21H26N2O6. The van der Waals surface area contributed by atoms with Gasteiger partial charge in [-0.15, -0.1) is 0 Å². The number of carbonyl (C=O) groups excluding carboxylic acids is 1. The van der Waals surface area contributed by atoms with Crippen molar-refractivity contribution >= 4 is 17.6 Å². The second-order valence-electron chi connectivity index (χ2n) is 6.75. The second kappa shape index (κ2) is 9.77. The summed E-state index contributed by atoms with van der Waals surface area (Å²) in [6.07, 6.45) is 0.257. The average molecular weight is 402 g/mol. The van der Waals surface area contributed by atoms with Gasteiger partial charge in [0.25, 0.3) is 5.91 Å². The highest BCUT2D eigenvalue weighted by atomic mass is 16.5. The van der Waals surface area contributed by atoms with Crippen molar-refractivity contribution in [2.45, 2.75) is 46.6 Å². The summed E-state index contributed by atoms with van der Waals surface area (Å²) >= 11 is 0. The maximum atomic E-state index is 12.4. The van der Waals surface area contributed by atoms with E-state index in [1.807, 2.05) is 13.8 Å². The predicted octanol–water partition coefficient (Wildman–Crippen LogP) is 3.56. The second-order valence-corrected chi connectivity index (χ2v) is 6.75. The van der Waals surface area contributed by atoms with Crippen molar-refractivity contribution in [1.29, 1.82) is 0 Å². The smallest absolute Gasteiger partial charge is 0.303 e. The predicted molar refractivity (Wildman–Crippen MR) is 108 cm³/mol. The molecule has 0 radical (unpaired) electrons. The molecule has 2 rings (SSSR count). The van der Waals surface area contributed by atoms with E-state index in [1.54, 1.807) is 38.1 Å². The summed E-state index contributed by atoms with van der Waals surface area (Å²) < 4.78 is 16.5. The lowest BCUT2D eigenvalue weighted by atomic mass is 10.1. The summed E-state index contributed by atoms with van der Waals surface area (Å²) in [6.45, 7) is 7.31. The minimum atomic E-state index is -0.890. The number of carboxylic acids is 1. The number of hydrazone groups is 1. The van der Waals surface area contributed by atoms with Gasteiger partial charge in [0, 0.05) is 17.5 Å². The van der Waals surface area contributed by atoms with Crippen LogP contribution in [0.25, 0.3) is 0 Å². The van der Waals surface area contributed by atoms with Crippen LogP contribution in [0.1, 0.15) is 54.6 Å². The number of benzene rings is 1. The normalized spacial score (nSPS) is 11.4. The number of methoxy groups -OCH3 is 1. The van der Waals surface area contributed by atoms with Crippen LogP contribution in [0.2, 0.25) is 0 Å². The lowest BCUT2D eigenvalue weighted by Crippen LogP contribution is -2.19. The van der Waals surface area contributed by atoms with Crippen LogP contribution in [0, 0.1) is 6.92 Å². The van der Waals surface area contributed by atoms with Crippen molar-refractivity contribution in [2.24, 2.45) is 5.10 Å². The monoisotopic (exact) mass is 402 g/mol. The Morgan fingerprint density at radius 2 is 1.97 bits per heavy atom. The number of ether oxygens (including phenoxy) is 2. The number of carbonyl (C=O) groups is 2. The molecule has 0 bridgehead atoms. The van der Waals surface area contributed by atoms with E-state index < -0.39 is 11.9 Å². The molecule has 2 aromatic rings. The fourth-order valence-electron chi connectivity index (χ4n) is 2.68. The third-order valence-electron chi connectivity index (χ3n) is 4.06. The standard InChI is InChI=1S/C21H26N2O6/c1-12(2)28-18-8-6-15(10-19(18)27-5)21(26)23-22-13(3)17-11-16(29-14(17)4)7-9-20(24)25/h6,8,10-12H,7,9H2,1-5H3,(H,23,26)(H,24,25)/b22-13-. The lowest BCUT2D eigenvalue weighted by molar-refractivity contribution is -0.137. The number of hydrogen-bond donors (Lipinski definition) is 2. The van der Waals surface area contributed by atoms with E-state index >= 15 is 0 Å². The zero-order chi connectivity index (χ0) is 21.6. The summed E-state index contributed by atoms with van der Waals surface area (Å²) in [5, 5.41) is 12.9. The zero-order valence-electron chi connectivity index (χ0n) is 17.2. The van der Waals surface area contributed by atoms with Gasteiger partial charge in [-0.05, 0) is 52.0 Å². The van der Waals surface area contributed by atoms with Crippen LogP contribution in [0.5, 0.6) is 11.5 Å². The number of nitrogens with zero attached hydrogens (tertiary/aromatic N) is 1. The minimum absolute atomic E-state index is 0.0162. The van der Waals surface area contributed by atoms with Gasteiger partial charge in [-0.25, -0.2) is 5.43 Å². The summed E-state index contributed by atoms with van der Waals surface area (Å²) in [5.74, 6) is 0.899. The number of rotatable bonds is 9. The van der Waals surface area contributed by atoms with E-state index in [2.05, 4.69) is 10.5 Å². The third-order valence-corrected chi connectivity index (χ3v) is 4.06. The molecule has 0 fully saturated rings. The van der Waals surface area contributed by atoms with E-state index in [1.165, 1.54) is 7.11 Å². The molecule has 1 heterocycles. The summed E-state index contributed by atoms with van der Waals surface area (Å²) in [6, 6.07) is 6.64. The van der Waals surface area contributed by atoms with Crippen LogP contribution in [0.4, 0.5) is 0 Å².